The lowest BCUT2D eigenvalue weighted by Crippen LogP contribution is -2.54. The maximum Gasteiger partial charge on any atom is 0.410 e. The van der Waals surface area contributed by atoms with Gasteiger partial charge in [0.05, 0.1) is 30.2 Å². The van der Waals surface area contributed by atoms with Crippen LogP contribution in [0.3, 0.4) is 0 Å². The van der Waals surface area contributed by atoms with Crippen molar-refractivity contribution in [3.63, 3.8) is 0 Å². The smallest absolute Gasteiger partial charge is 0.410 e. The molecule has 0 spiro atoms. The number of aliphatic imine (C=N–C) groups is 1. The van der Waals surface area contributed by atoms with Crippen molar-refractivity contribution in [3.8, 4) is 11.1 Å². The molecule has 0 unspecified atom stereocenters. The number of amides is 3. The molecule has 2 fully saturated rings. The topological polar surface area (TPSA) is 129 Å². The first-order valence-corrected chi connectivity index (χ1v) is 18.9. The number of imidazole rings is 1. The predicted octanol–water partition coefficient (Wildman–Crippen LogP) is 8.40. The number of nitrogens with one attached hydrogen (secondary N) is 2. The highest BCUT2D eigenvalue weighted by atomic mass is 16.6. The van der Waals surface area contributed by atoms with Crippen molar-refractivity contribution in [1.29, 1.82) is 0 Å². The molecule has 0 bridgehead atoms. The highest BCUT2D eigenvalue weighted by Crippen LogP contribution is 2.36. The minimum atomic E-state index is -0.638. The van der Waals surface area contributed by atoms with Gasteiger partial charge in [0.25, 0.3) is 0 Å². The largest absolute Gasteiger partial charge is 0.453 e. The van der Waals surface area contributed by atoms with Gasteiger partial charge in [-0.05, 0) is 110 Å². The maximum atomic E-state index is 13.7. The molecule has 278 valence electrons. The lowest BCUT2D eigenvalue weighted by molar-refractivity contribution is -0.134. The molecule has 0 radical (unpaired) electrons. The van der Waals surface area contributed by atoms with Crippen LogP contribution in [0.5, 0.6) is 0 Å². The Morgan fingerprint density at radius 1 is 0.925 bits per heavy atom. The monoisotopic (exact) mass is 718 g/mol. The Hall–Kier alpha value is -5.19. The van der Waals surface area contributed by atoms with Crippen LogP contribution in [0.15, 0.2) is 65.8 Å². The van der Waals surface area contributed by atoms with Crippen molar-refractivity contribution >= 4 is 51.2 Å². The van der Waals surface area contributed by atoms with E-state index in [0.717, 1.165) is 87.7 Å². The molecule has 11 nitrogen and oxygen atoms in total. The lowest BCUT2D eigenvalue weighted by Gasteiger charge is -2.31. The van der Waals surface area contributed by atoms with Gasteiger partial charge in [-0.15, -0.1) is 0 Å². The average Bonchev–Trinajstić information content (AvgIpc) is 3.97. The van der Waals surface area contributed by atoms with Crippen LogP contribution in [-0.2, 0) is 14.3 Å². The molecule has 3 aliphatic heterocycles. The van der Waals surface area contributed by atoms with Gasteiger partial charge in [0.2, 0.25) is 5.91 Å². The minimum absolute atomic E-state index is 0.0262. The lowest BCUT2D eigenvalue weighted by atomic mass is 9.94. The van der Waals surface area contributed by atoms with Crippen LogP contribution < -0.4 is 5.32 Å². The quantitative estimate of drug-likeness (QED) is 0.188. The molecule has 53 heavy (non-hydrogen) atoms. The van der Waals surface area contributed by atoms with Crippen LogP contribution in [0, 0.1) is 5.92 Å². The molecule has 2 saturated heterocycles. The van der Waals surface area contributed by atoms with Gasteiger partial charge in [-0.3, -0.25) is 14.7 Å². The van der Waals surface area contributed by atoms with Crippen LogP contribution in [0.1, 0.15) is 90.6 Å². The van der Waals surface area contributed by atoms with E-state index >= 15 is 0 Å². The molecule has 0 aliphatic carbocycles. The first-order chi connectivity index (χ1) is 25.4. The number of aromatic nitrogens is 2. The van der Waals surface area contributed by atoms with Gasteiger partial charge in [0, 0.05) is 31.4 Å². The second-order valence-electron chi connectivity index (χ2n) is 15.6. The normalized spacial score (nSPS) is 20.0. The number of H-pyrrole nitrogens is 1. The number of methoxy groups -OCH3 is 1. The third-order valence-electron chi connectivity index (χ3n) is 10.9. The molecule has 0 saturated carbocycles. The number of rotatable bonds is 8. The Bertz CT molecular complexity index is 2110. The zero-order valence-corrected chi connectivity index (χ0v) is 31.6. The van der Waals surface area contributed by atoms with Crippen molar-refractivity contribution in [1.82, 2.24) is 25.1 Å². The number of hydrogen-bond donors (Lipinski definition) is 2. The second-order valence-corrected chi connectivity index (χ2v) is 15.6. The van der Waals surface area contributed by atoms with E-state index in [4.69, 9.17) is 19.5 Å². The molecule has 7 rings (SSSR count). The Morgan fingerprint density at radius 2 is 1.58 bits per heavy atom. The molecular weight excluding hydrogens is 668 g/mol. The van der Waals surface area contributed by atoms with Gasteiger partial charge in [0.15, 0.2) is 0 Å². The van der Waals surface area contributed by atoms with E-state index in [1.807, 2.05) is 51.8 Å². The van der Waals surface area contributed by atoms with Crippen LogP contribution in [-0.4, -0.2) is 81.5 Å². The summed E-state index contributed by atoms with van der Waals surface area (Å²) in [7, 11) is 1.32. The zero-order chi connectivity index (χ0) is 37.4. The fraction of sp³-hybridized carbons (Fsp3) is 0.452. The molecule has 1 aromatic heterocycles. The van der Waals surface area contributed by atoms with Crippen LogP contribution in [0.25, 0.3) is 38.5 Å². The zero-order valence-electron chi connectivity index (χ0n) is 31.6. The summed E-state index contributed by atoms with van der Waals surface area (Å²) in [5, 5.41) is 5.05. The van der Waals surface area contributed by atoms with E-state index in [9.17, 15) is 14.4 Å². The summed E-state index contributed by atoms with van der Waals surface area (Å²) in [6, 6.07) is 18.4. The molecule has 2 N–H and O–H groups in total. The number of nitrogens with zero attached hydrogens (tertiary/aromatic N) is 4. The van der Waals surface area contributed by atoms with E-state index in [2.05, 4.69) is 58.8 Å². The van der Waals surface area contributed by atoms with Crippen molar-refractivity contribution in [2.24, 2.45) is 10.9 Å². The minimum Gasteiger partial charge on any atom is -0.453 e. The Kier molecular flexibility index (Phi) is 10.0. The van der Waals surface area contributed by atoms with Crippen LogP contribution in [0.4, 0.5) is 9.59 Å². The number of carbonyl (C=O) groups is 3. The Balaban J connectivity index is 1.04. The number of fused-ring (bicyclic) bond motifs is 2. The number of hydrogen-bond acceptors (Lipinski definition) is 7. The summed E-state index contributed by atoms with van der Waals surface area (Å²) < 4.78 is 10.5. The standard InChI is InChI=1S/C42H50N6O5/c1-7-25(2)37(46-40(50)52-6)39(49)47-18-8-10-35(47)34-23-31(24-43-34)29-15-14-26-20-28(13-12-27(26)21-29)30-16-17-32-33(22-30)45-38(44-32)36-11-9-19-48(36)41(51)53-42(3,4)5/h12-17,20-22,24-25,35-37H,7-11,18-19,23H2,1-6H3,(H,44,45)(H,46,50)/t25-,35-,36-,37-/m0/s1. The first kappa shape index (κ1) is 36.2. The summed E-state index contributed by atoms with van der Waals surface area (Å²) in [5.74, 6) is 0.690. The number of ether oxygens (including phenoxy) is 2. The van der Waals surface area contributed by atoms with E-state index < -0.39 is 17.7 Å². The van der Waals surface area contributed by atoms with Crippen LogP contribution >= 0.6 is 0 Å². The molecule has 3 aromatic carbocycles. The Morgan fingerprint density at radius 3 is 2.30 bits per heavy atom. The van der Waals surface area contributed by atoms with Gasteiger partial charge >= 0.3 is 12.2 Å². The highest BCUT2D eigenvalue weighted by Gasteiger charge is 2.39. The number of allylic oxidation sites excluding steroid dienone is 1. The summed E-state index contributed by atoms with van der Waals surface area (Å²) in [6.07, 6.45) is 6.00. The fourth-order valence-electron chi connectivity index (χ4n) is 7.83. The molecule has 3 amide bonds. The van der Waals surface area contributed by atoms with E-state index in [0.29, 0.717) is 19.5 Å². The summed E-state index contributed by atoms with van der Waals surface area (Å²) in [4.78, 5) is 55.6. The number of carbonyl (C=O) groups excluding carboxylic acids is 3. The third-order valence-corrected chi connectivity index (χ3v) is 10.9. The van der Waals surface area contributed by atoms with Crippen molar-refractivity contribution in [3.05, 3.63) is 72.2 Å². The first-order valence-electron chi connectivity index (χ1n) is 18.9. The third kappa shape index (κ3) is 7.52. The Labute approximate surface area is 310 Å². The summed E-state index contributed by atoms with van der Waals surface area (Å²) in [5.41, 5.74) is 6.68. The SMILES string of the molecule is CC[C@H](C)[C@H](NC(=O)OC)C(=O)N1CCC[C@H]1C1=NC=C(c2ccc3cc(-c4ccc5nc([C@@H]6CCCN6C(=O)OC(C)(C)C)[nH]c5c4)ccc3c2)C1. The molecule has 3 aliphatic rings. The fourth-order valence-corrected chi connectivity index (χ4v) is 7.83. The molecule has 4 atom stereocenters. The average molecular weight is 719 g/mol. The van der Waals surface area contributed by atoms with Gasteiger partial charge < -0.3 is 24.7 Å². The molecule has 4 aromatic rings. The maximum absolute atomic E-state index is 13.7. The van der Waals surface area contributed by atoms with Crippen molar-refractivity contribution in [2.45, 2.75) is 96.9 Å². The van der Waals surface area contributed by atoms with Gasteiger partial charge in [0.1, 0.15) is 17.5 Å². The van der Waals surface area contributed by atoms with Gasteiger partial charge in [-0.2, -0.15) is 0 Å². The molecular formula is C42H50N6O5. The van der Waals surface area contributed by atoms with E-state index in [1.165, 1.54) is 7.11 Å². The van der Waals surface area contributed by atoms with Gasteiger partial charge in [-0.1, -0.05) is 50.6 Å². The second kappa shape index (κ2) is 14.7. The van der Waals surface area contributed by atoms with Crippen molar-refractivity contribution < 1.29 is 23.9 Å². The van der Waals surface area contributed by atoms with Gasteiger partial charge in [-0.25, -0.2) is 14.6 Å². The summed E-state index contributed by atoms with van der Waals surface area (Å²) in [6.45, 7) is 11.0. The van der Waals surface area contributed by atoms with Crippen molar-refractivity contribution in [2.75, 3.05) is 20.2 Å². The predicted molar refractivity (Wildman–Crippen MR) is 207 cm³/mol. The number of alkyl carbamates (subject to hydrolysis) is 1. The summed E-state index contributed by atoms with van der Waals surface area (Å²) >= 11 is 0. The number of benzene rings is 3. The van der Waals surface area contributed by atoms with E-state index in [-0.39, 0.29) is 30.0 Å². The van der Waals surface area contributed by atoms with Crippen LogP contribution in [0.2, 0.25) is 0 Å². The highest BCUT2D eigenvalue weighted by molar-refractivity contribution is 6.04. The number of likely N-dealkylation sites (tertiary alicyclic amines) is 2. The molecule has 4 heterocycles. The van der Waals surface area contributed by atoms with E-state index in [1.54, 1.807) is 4.90 Å². The number of aromatic amines is 1. The molecule has 11 heteroatoms.